The molecule has 0 aliphatic rings. The van der Waals surface area contributed by atoms with E-state index < -0.39 is 21.8 Å². The zero-order chi connectivity index (χ0) is 19.2. The van der Waals surface area contributed by atoms with E-state index in [-0.39, 0.29) is 16.2 Å². The molecule has 26 heavy (non-hydrogen) atoms. The summed E-state index contributed by atoms with van der Waals surface area (Å²) in [6.07, 6.45) is 1.36. The maximum absolute atomic E-state index is 12.4. The highest BCUT2D eigenvalue weighted by atomic mass is 32.2. The van der Waals surface area contributed by atoms with Gasteiger partial charge in [0.1, 0.15) is 5.70 Å². The Morgan fingerprint density at radius 1 is 1.08 bits per heavy atom. The van der Waals surface area contributed by atoms with Crippen LogP contribution in [0.1, 0.15) is 18.1 Å². The lowest BCUT2D eigenvalue weighted by Crippen LogP contribution is -2.37. The van der Waals surface area contributed by atoms with Crippen LogP contribution in [0.25, 0.3) is 6.08 Å². The van der Waals surface area contributed by atoms with Gasteiger partial charge in [0, 0.05) is 6.92 Å². The quantitative estimate of drug-likeness (QED) is 0.776. The van der Waals surface area contributed by atoms with Gasteiger partial charge in [-0.05, 0) is 29.8 Å². The van der Waals surface area contributed by atoms with Crippen LogP contribution in [0, 0.1) is 11.3 Å². The van der Waals surface area contributed by atoms with E-state index in [1.165, 1.54) is 31.2 Å². The Balaban J connectivity index is 2.32. The lowest BCUT2D eigenvalue weighted by atomic mass is 10.2. The predicted octanol–water partition coefficient (Wildman–Crippen LogP) is 1.54. The molecule has 0 radical (unpaired) electrons. The van der Waals surface area contributed by atoms with Crippen LogP contribution in [0.4, 0.5) is 0 Å². The summed E-state index contributed by atoms with van der Waals surface area (Å²) in [4.78, 5) is 23.5. The van der Waals surface area contributed by atoms with Gasteiger partial charge in [-0.2, -0.15) is 5.26 Å². The summed E-state index contributed by atoms with van der Waals surface area (Å²) in [5.74, 6) is -1.52. The third-order valence-corrected chi connectivity index (χ3v) is 4.50. The van der Waals surface area contributed by atoms with Gasteiger partial charge in [0.05, 0.1) is 16.5 Å². The standard InChI is InChI=1S/C18H15N3O4S/c1-13(22)20-17(11-14-6-3-2-4-7-14)18(23)21-26(24,25)16-9-5-8-15(10-16)12-19/h2-11H,1H3,(H,20,22)(H,21,23)/b17-11+. The van der Waals surface area contributed by atoms with E-state index in [2.05, 4.69) is 5.32 Å². The average Bonchev–Trinajstić information content (AvgIpc) is 2.61. The Morgan fingerprint density at radius 2 is 1.77 bits per heavy atom. The number of nitrogens with zero attached hydrogens (tertiary/aromatic N) is 1. The van der Waals surface area contributed by atoms with Crippen molar-refractivity contribution in [1.29, 1.82) is 5.26 Å². The molecular weight excluding hydrogens is 354 g/mol. The largest absolute Gasteiger partial charge is 0.322 e. The summed E-state index contributed by atoms with van der Waals surface area (Å²) in [7, 11) is -4.21. The highest BCUT2D eigenvalue weighted by molar-refractivity contribution is 7.90. The minimum atomic E-state index is -4.21. The SMILES string of the molecule is CC(=O)N/C(=C/c1ccccc1)C(=O)NS(=O)(=O)c1cccc(C#N)c1. The lowest BCUT2D eigenvalue weighted by Gasteiger charge is -2.10. The van der Waals surface area contributed by atoms with Crippen LogP contribution in [0.3, 0.4) is 0 Å². The molecule has 2 rings (SSSR count). The first-order valence-electron chi connectivity index (χ1n) is 7.43. The van der Waals surface area contributed by atoms with Gasteiger partial charge in [-0.1, -0.05) is 36.4 Å². The van der Waals surface area contributed by atoms with Crippen LogP contribution in [0.2, 0.25) is 0 Å². The van der Waals surface area contributed by atoms with E-state index in [1.54, 1.807) is 30.3 Å². The lowest BCUT2D eigenvalue weighted by molar-refractivity contribution is -0.121. The van der Waals surface area contributed by atoms with Gasteiger partial charge >= 0.3 is 0 Å². The molecule has 0 aliphatic heterocycles. The number of nitriles is 1. The van der Waals surface area contributed by atoms with Crippen molar-refractivity contribution in [2.24, 2.45) is 0 Å². The molecular formula is C18H15N3O4S. The van der Waals surface area contributed by atoms with Crippen LogP contribution in [0.15, 0.2) is 65.2 Å². The van der Waals surface area contributed by atoms with Crippen LogP contribution in [-0.2, 0) is 19.6 Å². The number of carbonyl (C=O) groups is 2. The summed E-state index contributed by atoms with van der Waals surface area (Å²) in [6, 6.07) is 15.7. The highest BCUT2D eigenvalue weighted by Gasteiger charge is 2.21. The molecule has 2 aromatic carbocycles. The van der Waals surface area contributed by atoms with Crippen molar-refractivity contribution in [2.75, 3.05) is 0 Å². The number of rotatable bonds is 5. The number of benzene rings is 2. The summed E-state index contributed by atoms with van der Waals surface area (Å²) in [5.41, 5.74) is 0.529. The molecule has 0 spiro atoms. The number of hydrogen-bond donors (Lipinski definition) is 2. The molecule has 8 heteroatoms. The van der Waals surface area contributed by atoms with Crippen molar-refractivity contribution in [3.63, 3.8) is 0 Å². The molecule has 0 aliphatic carbocycles. The topological polar surface area (TPSA) is 116 Å². The summed E-state index contributed by atoms with van der Waals surface area (Å²) in [6.45, 7) is 1.21. The van der Waals surface area contributed by atoms with Crippen molar-refractivity contribution in [1.82, 2.24) is 10.0 Å². The van der Waals surface area contributed by atoms with Gasteiger partial charge in [0.15, 0.2) is 0 Å². The monoisotopic (exact) mass is 369 g/mol. The molecule has 2 amide bonds. The number of sulfonamides is 1. The van der Waals surface area contributed by atoms with Crippen molar-refractivity contribution in [3.05, 3.63) is 71.4 Å². The Bertz CT molecular complexity index is 1010. The normalized spacial score (nSPS) is 11.3. The van der Waals surface area contributed by atoms with Gasteiger partial charge in [0.25, 0.3) is 15.9 Å². The minimum absolute atomic E-state index is 0.141. The fourth-order valence-electron chi connectivity index (χ4n) is 2.03. The summed E-state index contributed by atoms with van der Waals surface area (Å²) in [5, 5.41) is 11.2. The van der Waals surface area contributed by atoms with E-state index in [9.17, 15) is 18.0 Å². The molecule has 0 heterocycles. The summed E-state index contributed by atoms with van der Waals surface area (Å²) < 4.78 is 26.6. The van der Waals surface area contributed by atoms with Crippen molar-refractivity contribution in [2.45, 2.75) is 11.8 Å². The molecule has 0 fully saturated rings. The predicted molar refractivity (Wildman–Crippen MR) is 94.7 cm³/mol. The van der Waals surface area contributed by atoms with Crippen LogP contribution < -0.4 is 10.0 Å². The molecule has 2 aromatic rings. The zero-order valence-electron chi connectivity index (χ0n) is 13.8. The zero-order valence-corrected chi connectivity index (χ0v) is 14.6. The third-order valence-electron chi connectivity index (χ3n) is 3.17. The highest BCUT2D eigenvalue weighted by Crippen LogP contribution is 2.12. The fourth-order valence-corrected chi connectivity index (χ4v) is 3.04. The molecule has 0 saturated heterocycles. The van der Waals surface area contributed by atoms with Crippen molar-refractivity contribution >= 4 is 27.9 Å². The van der Waals surface area contributed by atoms with Gasteiger partial charge < -0.3 is 5.32 Å². The smallest absolute Gasteiger partial charge is 0.281 e. The molecule has 132 valence electrons. The molecule has 0 saturated carbocycles. The Kier molecular flexibility index (Phi) is 5.88. The number of hydrogen-bond acceptors (Lipinski definition) is 5. The Hall–Kier alpha value is -3.44. The van der Waals surface area contributed by atoms with E-state index in [1.807, 2.05) is 10.8 Å². The van der Waals surface area contributed by atoms with E-state index in [4.69, 9.17) is 5.26 Å². The molecule has 7 nitrogen and oxygen atoms in total. The first-order valence-corrected chi connectivity index (χ1v) is 8.92. The third kappa shape index (κ3) is 5.03. The van der Waals surface area contributed by atoms with Crippen LogP contribution in [-0.4, -0.2) is 20.2 Å². The number of amides is 2. The first-order chi connectivity index (χ1) is 12.3. The van der Waals surface area contributed by atoms with E-state index in [0.29, 0.717) is 5.56 Å². The van der Waals surface area contributed by atoms with Crippen molar-refractivity contribution in [3.8, 4) is 6.07 Å². The number of carbonyl (C=O) groups excluding carboxylic acids is 2. The average molecular weight is 369 g/mol. The van der Waals surface area contributed by atoms with E-state index in [0.717, 1.165) is 6.07 Å². The van der Waals surface area contributed by atoms with Gasteiger partial charge in [0.2, 0.25) is 5.91 Å². The Morgan fingerprint density at radius 3 is 2.38 bits per heavy atom. The second-order valence-corrected chi connectivity index (χ2v) is 6.91. The molecule has 0 bridgehead atoms. The second-order valence-electron chi connectivity index (χ2n) is 5.22. The van der Waals surface area contributed by atoms with Crippen LogP contribution in [0.5, 0.6) is 0 Å². The maximum atomic E-state index is 12.4. The second kappa shape index (κ2) is 8.09. The van der Waals surface area contributed by atoms with Gasteiger partial charge in [-0.25, -0.2) is 13.1 Å². The first kappa shape index (κ1) is 18.9. The molecule has 0 aromatic heterocycles. The minimum Gasteiger partial charge on any atom is -0.322 e. The van der Waals surface area contributed by atoms with Gasteiger partial charge in [-0.3, -0.25) is 9.59 Å². The van der Waals surface area contributed by atoms with Crippen LogP contribution >= 0.6 is 0 Å². The molecule has 2 N–H and O–H groups in total. The molecule has 0 atom stereocenters. The fraction of sp³-hybridized carbons (Fsp3) is 0.0556. The molecule has 0 unspecified atom stereocenters. The Labute approximate surface area is 151 Å². The number of nitrogens with one attached hydrogen (secondary N) is 2. The summed E-state index contributed by atoms with van der Waals surface area (Å²) >= 11 is 0. The maximum Gasteiger partial charge on any atom is 0.281 e. The van der Waals surface area contributed by atoms with Crippen molar-refractivity contribution < 1.29 is 18.0 Å². The van der Waals surface area contributed by atoms with Gasteiger partial charge in [-0.15, -0.1) is 0 Å². The van der Waals surface area contributed by atoms with E-state index >= 15 is 0 Å².